The van der Waals surface area contributed by atoms with Crippen molar-refractivity contribution in [1.82, 2.24) is 9.55 Å². The van der Waals surface area contributed by atoms with Crippen molar-refractivity contribution in [2.45, 2.75) is 39.7 Å². The average molecular weight is 436 g/mol. The van der Waals surface area contributed by atoms with Gasteiger partial charge in [-0.2, -0.15) is 0 Å². The van der Waals surface area contributed by atoms with Gasteiger partial charge < -0.3 is 19.5 Å². The second-order valence-electron chi connectivity index (χ2n) is 7.53. The lowest BCUT2D eigenvalue weighted by Gasteiger charge is -2.31. The molecule has 32 heavy (non-hydrogen) atoms. The largest absolute Gasteiger partial charge is 0.493 e. The lowest BCUT2D eigenvalue weighted by atomic mass is 9.93. The first-order valence-electron chi connectivity index (χ1n) is 11.1. The molecular formula is C25H29N3O4. The number of carbonyl (C=O) groups excluding carboxylic acids is 1. The first-order chi connectivity index (χ1) is 15.6. The number of methoxy groups -OCH3 is 1. The van der Waals surface area contributed by atoms with Crippen LogP contribution in [0.2, 0.25) is 0 Å². The number of rotatable bonds is 8. The Morgan fingerprint density at radius 1 is 1.09 bits per heavy atom. The maximum absolute atomic E-state index is 13.2. The fourth-order valence-corrected chi connectivity index (χ4v) is 4.23. The molecule has 1 N–H and O–H groups in total. The van der Waals surface area contributed by atoms with Gasteiger partial charge in [0, 0.05) is 5.70 Å². The Balaban J connectivity index is 1.97. The van der Waals surface area contributed by atoms with E-state index in [2.05, 4.69) is 16.8 Å². The van der Waals surface area contributed by atoms with Crippen molar-refractivity contribution < 1.29 is 19.0 Å². The third-order valence-corrected chi connectivity index (χ3v) is 5.51. The lowest BCUT2D eigenvalue weighted by molar-refractivity contribution is -0.139. The number of hydrogen-bond acceptors (Lipinski definition) is 6. The van der Waals surface area contributed by atoms with Gasteiger partial charge in [0.15, 0.2) is 11.5 Å². The van der Waals surface area contributed by atoms with Crippen LogP contribution in [-0.4, -0.2) is 35.8 Å². The van der Waals surface area contributed by atoms with Crippen LogP contribution < -0.4 is 14.8 Å². The molecule has 0 unspecified atom stereocenters. The van der Waals surface area contributed by atoms with E-state index in [4.69, 9.17) is 19.2 Å². The SMILES string of the molecule is CCCC1=C(C(=O)OCC)[C@H](c2ccc(OCC)c(OC)c2)n2c(nc3ccccc32)N1. The van der Waals surface area contributed by atoms with Crippen LogP contribution in [-0.2, 0) is 9.53 Å². The minimum absolute atomic E-state index is 0.304. The number of fused-ring (bicyclic) bond motifs is 3. The molecule has 7 nitrogen and oxygen atoms in total. The van der Waals surface area contributed by atoms with E-state index in [0.29, 0.717) is 42.7 Å². The number of ether oxygens (including phenoxy) is 3. The molecule has 0 spiro atoms. The Morgan fingerprint density at radius 2 is 1.91 bits per heavy atom. The summed E-state index contributed by atoms with van der Waals surface area (Å²) < 4.78 is 18.9. The molecule has 2 heterocycles. The summed E-state index contributed by atoms with van der Waals surface area (Å²) in [5.74, 6) is 1.67. The number of esters is 1. The number of aromatic nitrogens is 2. The summed E-state index contributed by atoms with van der Waals surface area (Å²) in [5.41, 5.74) is 4.12. The molecule has 0 saturated carbocycles. The number of carbonyl (C=O) groups is 1. The van der Waals surface area contributed by atoms with Crippen LogP contribution in [0.1, 0.15) is 45.2 Å². The van der Waals surface area contributed by atoms with E-state index < -0.39 is 6.04 Å². The van der Waals surface area contributed by atoms with E-state index in [1.54, 1.807) is 7.11 Å². The summed E-state index contributed by atoms with van der Waals surface area (Å²) in [6.45, 7) is 6.68. The van der Waals surface area contributed by atoms with Crippen LogP contribution in [0.3, 0.4) is 0 Å². The van der Waals surface area contributed by atoms with Gasteiger partial charge in [0.1, 0.15) is 0 Å². The number of benzene rings is 2. The van der Waals surface area contributed by atoms with Crippen molar-refractivity contribution in [2.75, 3.05) is 25.6 Å². The second kappa shape index (κ2) is 9.34. The normalized spacial score (nSPS) is 15.3. The molecule has 1 aliphatic rings. The average Bonchev–Trinajstić information content (AvgIpc) is 3.17. The maximum Gasteiger partial charge on any atom is 0.338 e. The van der Waals surface area contributed by atoms with E-state index in [9.17, 15) is 4.79 Å². The maximum atomic E-state index is 13.2. The van der Waals surface area contributed by atoms with E-state index >= 15 is 0 Å². The summed E-state index contributed by atoms with van der Waals surface area (Å²) in [4.78, 5) is 18.0. The van der Waals surface area contributed by atoms with E-state index in [1.165, 1.54) is 0 Å². The van der Waals surface area contributed by atoms with Gasteiger partial charge in [-0.3, -0.25) is 4.57 Å². The zero-order valence-electron chi connectivity index (χ0n) is 19.0. The second-order valence-corrected chi connectivity index (χ2v) is 7.53. The Labute approximate surface area is 188 Å². The van der Waals surface area contributed by atoms with E-state index in [0.717, 1.165) is 28.7 Å². The van der Waals surface area contributed by atoms with Gasteiger partial charge in [-0.15, -0.1) is 0 Å². The zero-order chi connectivity index (χ0) is 22.7. The standard InChI is InChI=1S/C25H29N3O4/c1-5-10-18-22(24(29)32-7-3)23(16-13-14-20(31-6-2)21(15-16)30-4)28-19-12-9-8-11-17(19)26-25(28)27-18/h8-9,11-15,23H,5-7,10H2,1-4H3,(H,26,27)/t23-/m0/s1. The third kappa shape index (κ3) is 3.79. The molecule has 4 rings (SSSR count). The summed E-state index contributed by atoms with van der Waals surface area (Å²) in [6, 6.07) is 13.3. The molecule has 0 bridgehead atoms. The number of allylic oxidation sites excluding steroid dienone is 1. The molecule has 1 atom stereocenters. The summed E-state index contributed by atoms with van der Waals surface area (Å²) in [6.07, 6.45) is 1.59. The highest BCUT2D eigenvalue weighted by molar-refractivity contribution is 5.94. The molecule has 0 saturated heterocycles. The van der Waals surface area contributed by atoms with Crippen molar-refractivity contribution in [3.63, 3.8) is 0 Å². The lowest BCUT2D eigenvalue weighted by Crippen LogP contribution is -2.29. The van der Waals surface area contributed by atoms with E-state index in [1.807, 2.05) is 56.3 Å². The fraction of sp³-hybridized carbons (Fsp3) is 0.360. The Hall–Kier alpha value is -3.48. The van der Waals surface area contributed by atoms with Gasteiger partial charge in [-0.05, 0) is 50.1 Å². The fourth-order valence-electron chi connectivity index (χ4n) is 4.23. The van der Waals surface area contributed by atoms with Crippen molar-refractivity contribution in [3.8, 4) is 11.5 Å². The van der Waals surface area contributed by atoms with Gasteiger partial charge in [-0.25, -0.2) is 9.78 Å². The quantitative estimate of drug-likeness (QED) is 0.498. The first kappa shape index (κ1) is 21.7. The van der Waals surface area contributed by atoms with Crippen LogP contribution in [0, 0.1) is 0 Å². The molecule has 0 amide bonds. The highest BCUT2D eigenvalue weighted by Gasteiger charge is 2.36. The number of nitrogens with one attached hydrogen (secondary N) is 1. The van der Waals surface area contributed by atoms with Gasteiger partial charge in [0.05, 0.1) is 43.0 Å². The monoisotopic (exact) mass is 435 g/mol. The topological polar surface area (TPSA) is 74.6 Å². The highest BCUT2D eigenvalue weighted by Crippen LogP contribution is 2.42. The van der Waals surface area contributed by atoms with Crippen molar-refractivity contribution in [1.29, 1.82) is 0 Å². The smallest absolute Gasteiger partial charge is 0.338 e. The van der Waals surface area contributed by atoms with Crippen LogP contribution in [0.4, 0.5) is 5.95 Å². The highest BCUT2D eigenvalue weighted by atomic mass is 16.5. The summed E-state index contributed by atoms with van der Waals surface area (Å²) in [7, 11) is 1.62. The number of anilines is 1. The minimum atomic E-state index is -0.413. The predicted octanol–water partition coefficient (Wildman–Crippen LogP) is 5.08. The minimum Gasteiger partial charge on any atom is -0.493 e. The Kier molecular flexibility index (Phi) is 6.35. The molecule has 0 radical (unpaired) electrons. The molecule has 0 fully saturated rings. The first-order valence-corrected chi connectivity index (χ1v) is 11.1. The third-order valence-electron chi connectivity index (χ3n) is 5.51. The van der Waals surface area contributed by atoms with Crippen molar-refractivity contribution in [3.05, 3.63) is 59.3 Å². The molecule has 3 aromatic rings. The van der Waals surface area contributed by atoms with Crippen LogP contribution in [0.25, 0.3) is 11.0 Å². The molecule has 1 aromatic heterocycles. The van der Waals surface area contributed by atoms with Gasteiger partial charge >= 0.3 is 5.97 Å². The van der Waals surface area contributed by atoms with Crippen molar-refractivity contribution in [2.24, 2.45) is 0 Å². The Morgan fingerprint density at radius 3 is 2.62 bits per heavy atom. The van der Waals surface area contributed by atoms with Crippen molar-refractivity contribution >= 4 is 23.0 Å². The zero-order valence-corrected chi connectivity index (χ0v) is 19.0. The Bertz CT molecular complexity index is 1170. The molecular weight excluding hydrogens is 406 g/mol. The van der Waals surface area contributed by atoms with E-state index in [-0.39, 0.29) is 5.97 Å². The van der Waals surface area contributed by atoms with Gasteiger partial charge in [-0.1, -0.05) is 31.5 Å². The summed E-state index contributed by atoms with van der Waals surface area (Å²) in [5, 5.41) is 3.41. The summed E-state index contributed by atoms with van der Waals surface area (Å²) >= 11 is 0. The van der Waals surface area contributed by atoms with Gasteiger partial charge in [0.25, 0.3) is 0 Å². The molecule has 0 aliphatic carbocycles. The number of imidazole rings is 1. The number of nitrogens with zero attached hydrogens (tertiary/aromatic N) is 2. The van der Waals surface area contributed by atoms with Crippen LogP contribution in [0.5, 0.6) is 11.5 Å². The predicted molar refractivity (Wildman–Crippen MR) is 124 cm³/mol. The molecule has 168 valence electrons. The molecule has 1 aliphatic heterocycles. The van der Waals surface area contributed by atoms with Crippen LogP contribution in [0.15, 0.2) is 53.7 Å². The molecule has 2 aromatic carbocycles. The number of hydrogen-bond donors (Lipinski definition) is 1. The van der Waals surface area contributed by atoms with Crippen LogP contribution >= 0.6 is 0 Å². The number of para-hydroxylation sites is 2. The molecule has 7 heteroatoms. The van der Waals surface area contributed by atoms with Gasteiger partial charge in [0.2, 0.25) is 5.95 Å².